The first-order valence-electron chi connectivity index (χ1n) is 6.62. The van der Waals surface area contributed by atoms with Gasteiger partial charge < -0.3 is 10.2 Å². The zero-order valence-corrected chi connectivity index (χ0v) is 15.7. The van der Waals surface area contributed by atoms with Gasteiger partial charge in [-0.05, 0) is 34.4 Å². The van der Waals surface area contributed by atoms with Gasteiger partial charge in [0.05, 0.1) is 9.49 Å². The fraction of sp³-hybridized carbons (Fsp3) is 0.118. The molecule has 22 heavy (non-hydrogen) atoms. The molecule has 0 aromatic heterocycles. The predicted octanol–water partition coefficient (Wildman–Crippen LogP) is 4.79. The molecule has 1 aliphatic carbocycles. The Labute approximate surface area is 155 Å². The van der Waals surface area contributed by atoms with Gasteiger partial charge in [0.15, 0.2) is 5.78 Å². The monoisotopic (exact) mass is 518 g/mol. The van der Waals surface area contributed by atoms with Crippen LogP contribution in [0.1, 0.15) is 31.0 Å². The molecule has 2 N–H and O–H groups in total. The van der Waals surface area contributed by atoms with E-state index >= 15 is 0 Å². The summed E-state index contributed by atoms with van der Waals surface area (Å²) >= 11 is 4.54. The van der Waals surface area contributed by atoms with E-state index in [1.807, 2.05) is 24.3 Å². The van der Waals surface area contributed by atoms with Gasteiger partial charge >= 0.3 is 0 Å². The number of ketones is 1. The summed E-state index contributed by atoms with van der Waals surface area (Å²) in [6, 6.07) is 10.9. The van der Waals surface area contributed by atoms with Gasteiger partial charge in [-0.1, -0.05) is 69.4 Å². The first kappa shape index (κ1) is 15.8. The van der Waals surface area contributed by atoms with Crippen molar-refractivity contribution in [2.75, 3.05) is 0 Å². The van der Waals surface area contributed by atoms with E-state index in [0.29, 0.717) is 5.56 Å². The number of aromatic hydroxyl groups is 2. The molecule has 5 heteroatoms. The summed E-state index contributed by atoms with van der Waals surface area (Å²) in [7, 11) is 0. The minimum atomic E-state index is -0.228. The maximum Gasteiger partial charge on any atom is 0.190 e. The normalized spacial score (nSPS) is 17.1. The largest absolute Gasteiger partial charge is 0.508 e. The summed E-state index contributed by atoms with van der Waals surface area (Å²) < 4.78 is 0.836. The highest BCUT2D eigenvalue weighted by atomic mass is 127. The van der Waals surface area contributed by atoms with Crippen molar-refractivity contribution in [1.29, 1.82) is 0 Å². The lowest BCUT2D eigenvalue weighted by atomic mass is 9.86. The number of alkyl halides is 2. The number of hydrogen-bond donors (Lipinski definition) is 2. The van der Waals surface area contributed by atoms with Gasteiger partial charge in [0.1, 0.15) is 11.5 Å². The van der Waals surface area contributed by atoms with Gasteiger partial charge in [0.25, 0.3) is 0 Å². The van der Waals surface area contributed by atoms with E-state index in [9.17, 15) is 15.0 Å². The average Bonchev–Trinajstić information content (AvgIpc) is 2.50. The van der Waals surface area contributed by atoms with Crippen LogP contribution in [0.15, 0.2) is 42.5 Å². The molecule has 0 amide bonds. The lowest BCUT2D eigenvalue weighted by Gasteiger charge is -2.23. The highest BCUT2D eigenvalue weighted by Crippen LogP contribution is 2.46. The summed E-state index contributed by atoms with van der Waals surface area (Å²) in [5.41, 5.74) is 4.04. The van der Waals surface area contributed by atoms with Crippen LogP contribution in [0.5, 0.6) is 11.5 Å². The van der Waals surface area contributed by atoms with E-state index in [-0.39, 0.29) is 26.8 Å². The number of halogens is 2. The maximum atomic E-state index is 12.3. The number of benzene rings is 2. The Balaban J connectivity index is 2.10. The van der Waals surface area contributed by atoms with Crippen molar-refractivity contribution >= 4 is 56.5 Å². The van der Waals surface area contributed by atoms with Crippen molar-refractivity contribution in [2.45, 2.75) is 8.35 Å². The molecule has 0 fully saturated rings. The topological polar surface area (TPSA) is 57.5 Å². The van der Waals surface area contributed by atoms with E-state index in [2.05, 4.69) is 45.2 Å². The number of carbonyl (C=O) groups excluding carboxylic acids is 1. The number of hydrogen-bond acceptors (Lipinski definition) is 3. The minimum absolute atomic E-state index is 0.0350. The van der Waals surface area contributed by atoms with Crippen molar-refractivity contribution in [2.24, 2.45) is 0 Å². The Bertz CT molecular complexity index is 779. The molecule has 2 aromatic carbocycles. The third-order valence-corrected chi connectivity index (χ3v) is 5.88. The molecule has 0 heterocycles. The van der Waals surface area contributed by atoms with Gasteiger partial charge in [0.2, 0.25) is 0 Å². The predicted molar refractivity (Wildman–Crippen MR) is 103 cm³/mol. The van der Waals surface area contributed by atoms with Gasteiger partial charge in [0, 0.05) is 10.5 Å². The molecule has 1 aliphatic rings. The van der Waals surface area contributed by atoms with E-state index in [4.69, 9.17) is 0 Å². The lowest BCUT2D eigenvalue weighted by molar-refractivity contribution is 0.104. The molecule has 0 saturated heterocycles. The highest BCUT2D eigenvalue weighted by Gasteiger charge is 2.29. The summed E-state index contributed by atoms with van der Waals surface area (Å²) in [5.74, 6) is -0.433. The van der Waals surface area contributed by atoms with Crippen molar-refractivity contribution in [3.05, 3.63) is 64.7 Å². The van der Waals surface area contributed by atoms with Crippen LogP contribution in [0.3, 0.4) is 0 Å². The van der Waals surface area contributed by atoms with Crippen molar-refractivity contribution in [1.82, 2.24) is 0 Å². The second kappa shape index (κ2) is 6.19. The molecule has 3 nitrogen and oxygen atoms in total. The van der Waals surface area contributed by atoms with Crippen LogP contribution < -0.4 is 0 Å². The Kier molecular flexibility index (Phi) is 4.44. The van der Waals surface area contributed by atoms with E-state index in [1.54, 1.807) is 12.1 Å². The van der Waals surface area contributed by atoms with Gasteiger partial charge in [-0.25, -0.2) is 0 Å². The smallest absolute Gasteiger partial charge is 0.190 e. The Morgan fingerprint density at radius 2 is 1.77 bits per heavy atom. The third-order valence-electron chi connectivity index (χ3n) is 3.65. The Hall–Kier alpha value is -1.09. The fourth-order valence-corrected chi connectivity index (χ4v) is 4.11. The van der Waals surface area contributed by atoms with Crippen LogP contribution in [0, 0.1) is 0 Å². The van der Waals surface area contributed by atoms with Crippen molar-refractivity contribution < 1.29 is 15.0 Å². The number of phenolic OH excluding ortho intramolecular Hbond substituents is 2. The molecule has 2 aromatic rings. The first-order valence-corrected chi connectivity index (χ1v) is 9.39. The average molecular weight is 518 g/mol. The third kappa shape index (κ3) is 2.76. The van der Waals surface area contributed by atoms with Crippen LogP contribution in [0.4, 0.5) is 0 Å². The van der Waals surface area contributed by atoms with E-state index in [0.717, 1.165) is 15.6 Å². The Morgan fingerprint density at radius 1 is 1.09 bits per heavy atom. The molecular weight excluding hydrogens is 506 g/mol. The molecular formula is C17H12I2O3. The second-order valence-corrected chi connectivity index (χ2v) is 7.09. The van der Waals surface area contributed by atoms with Crippen LogP contribution in [0.25, 0.3) is 5.57 Å². The molecule has 3 rings (SSSR count). The second-order valence-electron chi connectivity index (χ2n) is 5.09. The number of allylic oxidation sites excluding steroid dienone is 2. The van der Waals surface area contributed by atoms with E-state index < -0.39 is 0 Å². The zero-order chi connectivity index (χ0) is 15.9. The van der Waals surface area contributed by atoms with Gasteiger partial charge in [-0.15, -0.1) is 0 Å². The van der Waals surface area contributed by atoms with Crippen molar-refractivity contribution in [3.63, 3.8) is 0 Å². The molecule has 0 aliphatic heterocycles. The molecule has 1 unspecified atom stereocenters. The molecule has 0 spiro atoms. The molecule has 1 atom stereocenters. The van der Waals surface area contributed by atoms with Crippen LogP contribution in [-0.2, 0) is 4.43 Å². The zero-order valence-electron chi connectivity index (χ0n) is 11.4. The van der Waals surface area contributed by atoms with Crippen LogP contribution >= 0.6 is 45.2 Å². The fourth-order valence-electron chi connectivity index (χ4n) is 2.57. The SMILES string of the molecule is O=C1C=C(c2ccc(CI)cc2)C(I)c2cc(O)cc(O)c21. The van der Waals surface area contributed by atoms with Crippen LogP contribution in [-0.4, -0.2) is 16.0 Å². The van der Waals surface area contributed by atoms with Crippen molar-refractivity contribution in [3.8, 4) is 11.5 Å². The standard InChI is InChI=1S/C17H12I2O3/c18-8-9-1-3-10(4-2-9)12-7-15(22)16-13(17(12)19)5-11(20)6-14(16)21/h1-7,17,20-21H,8H2. The van der Waals surface area contributed by atoms with Gasteiger partial charge in [-0.3, -0.25) is 4.79 Å². The summed E-state index contributed by atoms with van der Waals surface area (Å²) in [5, 5.41) is 19.6. The number of rotatable bonds is 2. The minimum Gasteiger partial charge on any atom is -0.508 e. The summed E-state index contributed by atoms with van der Waals surface area (Å²) in [6.45, 7) is 0. The molecule has 112 valence electrons. The molecule has 0 bridgehead atoms. The summed E-state index contributed by atoms with van der Waals surface area (Å²) in [4.78, 5) is 12.3. The van der Waals surface area contributed by atoms with E-state index in [1.165, 1.54) is 11.6 Å². The molecule has 0 radical (unpaired) electrons. The quantitative estimate of drug-likeness (QED) is 0.445. The number of fused-ring (bicyclic) bond motifs is 1. The highest BCUT2D eigenvalue weighted by molar-refractivity contribution is 14.1. The maximum absolute atomic E-state index is 12.3. The van der Waals surface area contributed by atoms with Crippen LogP contribution in [0.2, 0.25) is 0 Å². The number of carbonyl (C=O) groups is 1. The first-order chi connectivity index (χ1) is 10.5. The van der Waals surface area contributed by atoms with Gasteiger partial charge in [-0.2, -0.15) is 0 Å². The molecule has 0 saturated carbocycles. The Morgan fingerprint density at radius 3 is 2.41 bits per heavy atom. The number of phenols is 2. The lowest BCUT2D eigenvalue weighted by Crippen LogP contribution is -2.11. The summed E-state index contributed by atoms with van der Waals surface area (Å²) in [6.07, 6.45) is 1.58.